The zero-order chi connectivity index (χ0) is 33.5. The molecule has 1 amide bonds. The van der Waals surface area contributed by atoms with Gasteiger partial charge in [0.05, 0.1) is 22.3 Å². The van der Waals surface area contributed by atoms with Gasteiger partial charge >= 0.3 is 0 Å². The first-order valence-electron chi connectivity index (χ1n) is 15.9. The van der Waals surface area contributed by atoms with Gasteiger partial charge < -0.3 is 9.64 Å². The summed E-state index contributed by atoms with van der Waals surface area (Å²) < 4.78 is 6.15. The number of nitrogens with one attached hydrogen (secondary N) is 1. The highest BCUT2D eigenvalue weighted by molar-refractivity contribution is 5.94. The SMILES string of the molecule is CC.CC.CN(C(=O)c1cc(-c2ccccc2Oc2ccccc2)n[nH]1)[C@@]12C(C)(C)N(C#N)C(C)(C)[C@]1(C)C(C)(C)C2(C)C. The summed E-state index contributed by atoms with van der Waals surface area (Å²) in [7, 11) is 1.89. The molecule has 2 fully saturated rings. The summed E-state index contributed by atoms with van der Waals surface area (Å²) in [6, 6.07) is 19.1. The smallest absolute Gasteiger partial charge is 0.272 e. The van der Waals surface area contributed by atoms with Crippen molar-refractivity contribution in [3.05, 3.63) is 66.4 Å². The number of hydrogen-bond donors (Lipinski definition) is 1. The molecule has 2 heterocycles. The van der Waals surface area contributed by atoms with Crippen LogP contribution in [0.3, 0.4) is 0 Å². The molecule has 0 radical (unpaired) electrons. The quantitative estimate of drug-likeness (QED) is 0.296. The van der Waals surface area contributed by atoms with E-state index in [0.29, 0.717) is 17.1 Å². The summed E-state index contributed by atoms with van der Waals surface area (Å²) in [6.07, 6.45) is 2.52. The maximum atomic E-state index is 14.4. The topological polar surface area (TPSA) is 85.2 Å². The highest BCUT2D eigenvalue weighted by Gasteiger charge is 2.92. The van der Waals surface area contributed by atoms with Crippen LogP contribution >= 0.6 is 0 Å². The molecule has 0 spiro atoms. The predicted octanol–water partition coefficient (Wildman–Crippen LogP) is 9.16. The van der Waals surface area contributed by atoms with Crippen LogP contribution in [0.1, 0.15) is 100 Å². The van der Waals surface area contributed by atoms with Crippen molar-refractivity contribution in [3.8, 4) is 28.9 Å². The molecule has 0 unspecified atom stereocenters. The predicted molar refractivity (Wildman–Crippen MR) is 179 cm³/mol. The number of likely N-dealkylation sites (N-methyl/N-ethyl adjacent to an activating group) is 1. The number of rotatable bonds is 5. The largest absolute Gasteiger partial charge is 0.457 e. The Morgan fingerprint density at radius 2 is 1.39 bits per heavy atom. The molecule has 1 aliphatic heterocycles. The summed E-state index contributed by atoms with van der Waals surface area (Å²) in [5, 5.41) is 18.0. The van der Waals surface area contributed by atoms with Gasteiger partial charge in [-0.3, -0.25) is 14.8 Å². The molecule has 238 valence electrons. The summed E-state index contributed by atoms with van der Waals surface area (Å²) in [4.78, 5) is 18.2. The van der Waals surface area contributed by atoms with Crippen LogP contribution in [0, 0.1) is 27.7 Å². The van der Waals surface area contributed by atoms with Crippen LogP contribution in [-0.4, -0.2) is 49.6 Å². The molecule has 2 aromatic carbocycles. The molecule has 7 nitrogen and oxygen atoms in total. The number of nitriles is 1. The molecule has 2 atom stereocenters. The first-order chi connectivity index (χ1) is 20.6. The fourth-order valence-electron chi connectivity index (χ4n) is 9.46. The lowest BCUT2D eigenvalue weighted by Gasteiger charge is -2.81. The molecule has 1 N–H and O–H groups in total. The molecule has 3 aromatic rings. The van der Waals surface area contributed by atoms with Crippen molar-refractivity contribution in [3.63, 3.8) is 0 Å². The summed E-state index contributed by atoms with van der Waals surface area (Å²) >= 11 is 0. The number of benzene rings is 2. The lowest BCUT2D eigenvalue weighted by Crippen LogP contribution is -2.89. The van der Waals surface area contributed by atoms with E-state index in [9.17, 15) is 10.1 Å². The van der Waals surface area contributed by atoms with Crippen molar-refractivity contribution in [2.45, 2.75) is 107 Å². The lowest BCUT2D eigenvalue weighted by atomic mass is 9.25. The molecule has 7 heteroatoms. The van der Waals surface area contributed by atoms with E-state index in [1.54, 1.807) is 6.07 Å². The van der Waals surface area contributed by atoms with Crippen LogP contribution in [0.5, 0.6) is 11.5 Å². The van der Waals surface area contributed by atoms with E-state index in [0.717, 1.165) is 11.3 Å². The van der Waals surface area contributed by atoms with E-state index < -0.39 is 22.0 Å². The van der Waals surface area contributed by atoms with Gasteiger partial charge in [0.25, 0.3) is 5.91 Å². The number of ether oxygens (including phenoxy) is 1. The van der Waals surface area contributed by atoms with Crippen molar-refractivity contribution in [1.82, 2.24) is 20.0 Å². The Hall–Kier alpha value is -3.79. The van der Waals surface area contributed by atoms with Gasteiger partial charge in [0.15, 0.2) is 6.19 Å². The Balaban J connectivity index is 0.00000127. The number of hydrogen-bond acceptors (Lipinski definition) is 5. The van der Waals surface area contributed by atoms with E-state index in [1.165, 1.54) is 0 Å². The Labute approximate surface area is 265 Å². The van der Waals surface area contributed by atoms with Crippen molar-refractivity contribution < 1.29 is 9.53 Å². The third-order valence-electron chi connectivity index (χ3n) is 11.5. The number of amides is 1. The number of para-hydroxylation sites is 2. The third-order valence-corrected chi connectivity index (χ3v) is 11.5. The number of carbonyl (C=O) groups is 1. The number of likely N-dealkylation sites (tertiary alicyclic amines) is 1. The van der Waals surface area contributed by atoms with Crippen LogP contribution < -0.4 is 4.74 Å². The molecule has 1 aliphatic carbocycles. The summed E-state index contributed by atoms with van der Waals surface area (Å²) in [5.41, 5.74) is -0.872. The molecule has 2 aliphatic rings. The van der Waals surface area contributed by atoms with Gasteiger partial charge in [0.2, 0.25) is 0 Å². The van der Waals surface area contributed by atoms with Gasteiger partial charge in [-0.1, -0.05) is 92.6 Å². The van der Waals surface area contributed by atoms with Crippen LogP contribution in [0.2, 0.25) is 0 Å². The third kappa shape index (κ3) is 4.06. The van der Waals surface area contributed by atoms with Crippen molar-refractivity contribution >= 4 is 5.91 Å². The normalized spacial score (nSPS) is 24.6. The second kappa shape index (κ2) is 11.6. The van der Waals surface area contributed by atoms with Crippen LogP contribution in [-0.2, 0) is 0 Å². The second-order valence-electron chi connectivity index (χ2n) is 13.6. The first kappa shape index (κ1) is 34.7. The van der Waals surface area contributed by atoms with Gasteiger partial charge in [-0.2, -0.15) is 10.4 Å². The average Bonchev–Trinajstić information content (AvgIpc) is 3.52. The average molecular weight is 600 g/mol. The number of aromatic nitrogens is 2. The number of aromatic amines is 1. The fourth-order valence-corrected chi connectivity index (χ4v) is 9.46. The Morgan fingerprint density at radius 3 is 1.95 bits per heavy atom. The van der Waals surface area contributed by atoms with Gasteiger partial charge in [-0.05, 0) is 68.9 Å². The number of fused-ring (bicyclic) bond motifs is 1. The number of nitrogens with zero attached hydrogens (tertiary/aromatic N) is 4. The van der Waals surface area contributed by atoms with Crippen molar-refractivity contribution in [2.24, 2.45) is 16.2 Å². The fraction of sp³-hybridized carbons (Fsp3) is 0.541. The molecular formula is C37H53N5O2. The monoisotopic (exact) mass is 599 g/mol. The highest BCUT2D eigenvalue weighted by Crippen LogP contribution is 2.85. The molecule has 44 heavy (non-hydrogen) atoms. The number of H-pyrrole nitrogens is 1. The van der Waals surface area contributed by atoms with E-state index in [1.807, 2.05) is 99.1 Å². The number of carbonyl (C=O) groups excluding carboxylic acids is 1. The van der Waals surface area contributed by atoms with E-state index >= 15 is 0 Å². The van der Waals surface area contributed by atoms with Crippen molar-refractivity contribution in [1.29, 1.82) is 5.26 Å². The minimum Gasteiger partial charge on any atom is -0.457 e. The van der Waals surface area contributed by atoms with Gasteiger partial charge in [0.1, 0.15) is 17.2 Å². The Kier molecular flexibility index (Phi) is 9.16. The van der Waals surface area contributed by atoms with Gasteiger partial charge in [-0.25, -0.2) is 0 Å². The minimum atomic E-state index is -0.660. The zero-order valence-corrected chi connectivity index (χ0v) is 29.4. The van der Waals surface area contributed by atoms with E-state index in [-0.39, 0.29) is 16.7 Å². The molecule has 5 rings (SSSR count). The molecule has 1 aromatic heterocycles. The van der Waals surface area contributed by atoms with Gasteiger partial charge in [0, 0.05) is 18.0 Å². The second-order valence-corrected chi connectivity index (χ2v) is 13.6. The highest BCUT2D eigenvalue weighted by atomic mass is 16.5. The molecule has 1 saturated carbocycles. The standard InChI is InChI=1S/C33H41N5O2.2C2H6/c1-28(2)29(3,4)33(31(7,8)38(21-34)30(5,6)32(28,33)9)37(10)27(39)25-20-24(35-36-25)23-18-14-15-19-26(23)40-22-16-12-11-13-17-22;2*1-2/h11-20H,1-10H3,(H,35,36);2*1-2H3/t32-,33-;;/m0../s1. The lowest BCUT2D eigenvalue weighted by molar-refractivity contribution is -0.309. The zero-order valence-electron chi connectivity index (χ0n) is 29.4. The van der Waals surface area contributed by atoms with Crippen molar-refractivity contribution in [2.75, 3.05) is 7.05 Å². The molecule has 0 bridgehead atoms. The Morgan fingerprint density at radius 1 is 0.841 bits per heavy atom. The molecule has 1 saturated heterocycles. The van der Waals surface area contributed by atoms with Crippen LogP contribution in [0.25, 0.3) is 11.3 Å². The van der Waals surface area contributed by atoms with Crippen LogP contribution in [0.15, 0.2) is 60.7 Å². The first-order valence-corrected chi connectivity index (χ1v) is 15.9. The van der Waals surface area contributed by atoms with Gasteiger partial charge in [-0.15, -0.1) is 0 Å². The Bertz CT molecular complexity index is 1510. The maximum Gasteiger partial charge on any atom is 0.272 e. The van der Waals surface area contributed by atoms with Crippen LogP contribution in [0.4, 0.5) is 0 Å². The van der Waals surface area contributed by atoms with E-state index in [4.69, 9.17) is 4.74 Å². The summed E-state index contributed by atoms with van der Waals surface area (Å²) in [5.74, 6) is 1.23. The minimum absolute atomic E-state index is 0.154. The van der Waals surface area contributed by atoms with E-state index in [2.05, 4.69) is 78.7 Å². The summed E-state index contributed by atoms with van der Waals surface area (Å²) in [6.45, 7) is 27.8. The maximum absolute atomic E-state index is 14.4. The molecular weight excluding hydrogens is 546 g/mol.